The number of carbonyl (C=O) groups excluding carboxylic acids is 2. The van der Waals surface area contributed by atoms with E-state index in [9.17, 15) is 9.59 Å². The van der Waals surface area contributed by atoms with Crippen molar-refractivity contribution in [2.24, 2.45) is 0 Å². The smallest absolute Gasteiger partial charge is 0.241 e. The lowest BCUT2D eigenvalue weighted by atomic mass is 9.72. The van der Waals surface area contributed by atoms with Crippen molar-refractivity contribution in [1.82, 2.24) is 5.32 Å². The third-order valence-corrected chi connectivity index (χ3v) is 7.78. The summed E-state index contributed by atoms with van der Waals surface area (Å²) >= 11 is 1.48. The van der Waals surface area contributed by atoms with Gasteiger partial charge in [-0.25, -0.2) is 0 Å². The van der Waals surface area contributed by atoms with Crippen LogP contribution < -0.4 is 10.2 Å². The predicted molar refractivity (Wildman–Crippen MR) is 124 cm³/mol. The van der Waals surface area contributed by atoms with Crippen LogP contribution in [-0.2, 0) is 15.0 Å². The van der Waals surface area contributed by atoms with Crippen LogP contribution >= 0.6 is 11.8 Å². The fourth-order valence-corrected chi connectivity index (χ4v) is 6.18. The topological polar surface area (TPSA) is 49.4 Å². The first kappa shape index (κ1) is 19.9. The number of rotatable bonds is 3. The first-order chi connectivity index (χ1) is 14.9. The summed E-state index contributed by atoms with van der Waals surface area (Å²) in [6.07, 6.45) is 0. The van der Waals surface area contributed by atoms with Gasteiger partial charge in [0, 0.05) is 17.6 Å². The van der Waals surface area contributed by atoms with Gasteiger partial charge in [0.15, 0.2) is 0 Å². The molecule has 0 aliphatic carbocycles. The highest BCUT2D eigenvalue weighted by atomic mass is 32.2. The van der Waals surface area contributed by atoms with Crippen molar-refractivity contribution in [2.45, 2.75) is 35.4 Å². The van der Waals surface area contributed by atoms with E-state index in [-0.39, 0.29) is 11.8 Å². The third-order valence-electron chi connectivity index (χ3n) is 6.42. The molecule has 1 N–H and O–H groups in total. The van der Waals surface area contributed by atoms with Crippen LogP contribution in [0.1, 0.15) is 28.3 Å². The van der Waals surface area contributed by atoms with Crippen LogP contribution in [0.2, 0.25) is 0 Å². The summed E-state index contributed by atoms with van der Waals surface area (Å²) in [7, 11) is 1.81. The number of hydrogen-bond acceptors (Lipinski definition) is 3. The highest BCUT2D eigenvalue weighted by Crippen LogP contribution is 2.57. The molecule has 3 unspecified atom stereocenters. The molecule has 0 saturated carbocycles. The molecule has 2 amide bonds. The second-order valence-electron chi connectivity index (χ2n) is 8.42. The number of aryl methyl sites for hydroxylation is 2. The van der Waals surface area contributed by atoms with E-state index in [1.165, 1.54) is 11.8 Å². The number of nitrogens with zero attached hydrogens (tertiary/aromatic N) is 1. The van der Waals surface area contributed by atoms with Crippen molar-refractivity contribution in [2.75, 3.05) is 11.9 Å². The number of nitrogens with one attached hydrogen (secondary N) is 1. The number of amides is 2. The summed E-state index contributed by atoms with van der Waals surface area (Å²) in [5.41, 5.74) is 3.98. The van der Waals surface area contributed by atoms with Gasteiger partial charge in [0.05, 0.1) is 6.04 Å². The van der Waals surface area contributed by atoms with E-state index in [2.05, 4.69) is 11.4 Å². The van der Waals surface area contributed by atoms with Crippen LogP contribution in [0.25, 0.3) is 0 Å². The molecule has 1 saturated heterocycles. The molecule has 3 aromatic carbocycles. The number of hydrogen-bond donors (Lipinski definition) is 1. The van der Waals surface area contributed by atoms with Crippen LogP contribution in [0.15, 0.2) is 77.7 Å². The van der Waals surface area contributed by atoms with Gasteiger partial charge in [0.1, 0.15) is 10.7 Å². The minimum atomic E-state index is -1.01. The fourth-order valence-electron chi connectivity index (χ4n) is 4.89. The van der Waals surface area contributed by atoms with Crippen molar-refractivity contribution in [3.8, 4) is 0 Å². The number of fused-ring (bicyclic) bond motifs is 2. The summed E-state index contributed by atoms with van der Waals surface area (Å²) in [5, 5.41) is 2.62. The van der Waals surface area contributed by atoms with Gasteiger partial charge in [-0.2, -0.15) is 0 Å². The molecular formula is C26H24N2O2S. The number of benzene rings is 3. The summed E-state index contributed by atoms with van der Waals surface area (Å²) in [6, 6.07) is 23.6. The van der Waals surface area contributed by atoms with E-state index in [1.54, 1.807) is 4.90 Å². The Morgan fingerprint density at radius 3 is 2.29 bits per heavy atom. The van der Waals surface area contributed by atoms with Gasteiger partial charge in [0.25, 0.3) is 0 Å². The number of likely N-dealkylation sites (N-methyl/N-ethyl adjacent to an activating group) is 1. The van der Waals surface area contributed by atoms with Crippen molar-refractivity contribution in [3.63, 3.8) is 0 Å². The average Bonchev–Trinajstić information content (AvgIpc) is 3.18. The highest BCUT2D eigenvalue weighted by molar-refractivity contribution is 8.00. The lowest BCUT2D eigenvalue weighted by molar-refractivity contribution is -0.125. The lowest BCUT2D eigenvalue weighted by Crippen LogP contribution is -2.48. The minimum Gasteiger partial charge on any atom is -0.347 e. The van der Waals surface area contributed by atoms with E-state index >= 15 is 0 Å². The maximum atomic E-state index is 14.0. The predicted octanol–water partition coefficient (Wildman–Crippen LogP) is 4.55. The first-order valence-electron chi connectivity index (χ1n) is 10.4. The Hall–Kier alpha value is -3.05. The molecule has 156 valence electrons. The Morgan fingerprint density at radius 1 is 0.903 bits per heavy atom. The lowest BCUT2D eigenvalue weighted by Gasteiger charge is -2.33. The number of anilines is 1. The van der Waals surface area contributed by atoms with Gasteiger partial charge in [-0.05, 0) is 43.2 Å². The number of carbonyl (C=O) groups is 2. The molecule has 1 fully saturated rings. The molecule has 2 heterocycles. The fraction of sp³-hybridized carbons (Fsp3) is 0.231. The van der Waals surface area contributed by atoms with Crippen molar-refractivity contribution < 1.29 is 9.59 Å². The highest BCUT2D eigenvalue weighted by Gasteiger charge is 2.66. The van der Waals surface area contributed by atoms with Gasteiger partial charge in [-0.15, -0.1) is 11.8 Å². The zero-order valence-corrected chi connectivity index (χ0v) is 18.6. The van der Waals surface area contributed by atoms with Crippen LogP contribution in [-0.4, -0.2) is 24.1 Å². The molecular weight excluding hydrogens is 404 g/mol. The Labute approximate surface area is 186 Å². The van der Waals surface area contributed by atoms with Crippen LogP contribution in [0.3, 0.4) is 0 Å². The maximum Gasteiger partial charge on any atom is 0.241 e. The Bertz CT molecular complexity index is 1180. The molecule has 2 aliphatic heterocycles. The second-order valence-corrected chi connectivity index (χ2v) is 9.60. The van der Waals surface area contributed by atoms with Crippen LogP contribution in [0.4, 0.5) is 5.69 Å². The zero-order chi connectivity index (χ0) is 21.8. The average molecular weight is 429 g/mol. The molecule has 31 heavy (non-hydrogen) atoms. The van der Waals surface area contributed by atoms with Crippen molar-refractivity contribution >= 4 is 29.3 Å². The molecule has 2 aliphatic rings. The maximum absolute atomic E-state index is 14.0. The van der Waals surface area contributed by atoms with E-state index in [0.29, 0.717) is 0 Å². The van der Waals surface area contributed by atoms with E-state index in [1.807, 2.05) is 87.6 Å². The van der Waals surface area contributed by atoms with Gasteiger partial charge in [-0.3, -0.25) is 9.59 Å². The van der Waals surface area contributed by atoms with Crippen LogP contribution in [0.5, 0.6) is 0 Å². The van der Waals surface area contributed by atoms with Crippen LogP contribution in [0, 0.1) is 13.8 Å². The van der Waals surface area contributed by atoms with Gasteiger partial charge < -0.3 is 10.2 Å². The minimum absolute atomic E-state index is 0.0371. The van der Waals surface area contributed by atoms with E-state index in [0.717, 1.165) is 32.8 Å². The molecule has 1 spiro atoms. The van der Waals surface area contributed by atoms with E-state index in [4.69, 9.17) is 0 Å². The Kier molecular flexibility index (Phi) is 4.67. The summed E-state index contributed by atoms with van der Waals surface area (Å²) in [4.78, 5) is 30.1. The van der Waals surface area contributed by atoms with Crippen molar-refractivity contribution in [3.05, 3.63) is 95.1 Å². The zero-order valence-electron chi connectivity index (χ0n) is 17.8. The first-order valence-corrected chi connectivity index (χ1v) is 11.3. The van der Waals surface area contributed by atoms with E-state index < -0.39 is 16.7 Å². The molecule has 5 rings (SSSR count). The second kappa shape index (κ2) is 7.27. The largest absolute Gasteiger partial charge is 0.347 e. The third kappa shape index (κ3) is 2.91. The summed E-state index contributed by atoms with van der Waals surface area (Å²) in [6.45, 7) is 4.07. The normalized spacial score (nSPS) is 24.5. The summed E-state index contributed by atoms with van der Waals surface area (Å²) in [5.74, 6) is -0.138. The molecule has 0 aromatic heterocycles. The van der Waals surface area contributed by atoms with Gasteiger partial charge >= 0.3 is 0 Å². The summed E-state index contributed by atoms with van der Waals surface area (Å²) < 4.78 is 0. The van der Waals surface area contributed by atoms with Gasteiger partial charge in [-0.1, -0.05) is 65.7 Å². The number of thioether (sulfide) groups is 1. The Morgan fingerprint density at radius 2 is 1.58 bits per heavy atom. The monoisotopic (exact) mass is 428 g/mol. The molecule has 3 aromatic rings. The SMILES string of the molecule is Cc1ccc(SC2C(=O)NC(c3ccccc3)C23C(=O)N(C)c2ccc(C)cc23)cc1. The Balaban J connectivity index is 1.73. The standard InChI is InChI=1S/C26H24N2O2S/c1-16-9-12-19(13-10-16)31-23-24(29)27-22(18-7-5-4-6-8-18)26(23)20-15-17(2)11-14-21(20)28(3)25(26)30/h4-15,22-23H,1-3H3,(H,27,29). The molecule has 3 atom stereocenters. The molecule has 0 radical (unpaired) electrons. The van der Waals surface area contributed by atoms with Gasteiger partial charge in [0.2, 0.25) is 11.8 Å². The molecule has 5 heteroatoms. The molecule has 4 nitrogen and oxygen atoms in total. The quantitative estimate of drug-likeness (QED) is 0.666. The molecule has 0 bridgehead atoms. The van der Waals surface area contributed by atoms with Crippen molar-refractivity contribution in [1.29, 1.82) is 0 Å².